The summed E-state index contributed by atoms with van der Waals surface area (Å²) in [5.41, 5.74) is 2.40. The maximum Gasteiger partial charge on any atom is 0.221 e. The first kappa shape index (κ1) is 15.9. The van der Waals surface area contributed by atoms with Gasteiger partial charge in [-0.3, -0.25) is 10.2 Å². The second-order valence-electron chi connectivity index (χ2n) is 4.49. The molecule has 1 rings (SSSR count). The second kappa shape index (κ2) is 7.29. The number of carbonyl (C=O) groups excluding carboxylic acids is 1. The van der Waals surface area contributed by atoms with Gasteiger partial charge in [0, 0.05) is 14.1 Å². The Hall–Kier alpha value is -1.08. The molecule has 0 aliphatic carbocycles. The molecule has 0 atom stereocenters. The Bertz CT molecular complexity index is 332. The number of hydrogen-bond donors (Lipinski definition) is 1. The molecule has 17 heavy (non-hydrogen) atoms. The first-order valence-electron chi connectivity index (χ1n) is 5.14. The molecule has 0 fully saturated rings. The summed E-state index contributed by atoms with van der Waals surface area (Å²) in [6, 6.07) is 0. The quantitative estimate of drug-likeness (QED) is 0.498. The van der Waals surface area contributed by atoms with Crippen molar-refractivity contribution in [3.05, 3.63) is 6.33 Å². The first-order valence-corrected chi connectivity index (χ1v) is 6.37. The van der Waals surface area contributed by atoms with Crippen LogP contribution in [0.5, 0.6) is 0 Å². The van der Waals surface area contributed by atoms with Gasteiger partial charge in [0.05, 0.1) is 5.54 Å². The predicted molar refractivity (Wildman–Crippen MR) is 69.7 cm³/mol. The maximum absolute atomic E-state index is 9.46. The molecule has 0 bridgehead atoms. The molecule has 98 valence electrons. The van der Waals surface area contributed by atoms with E-state index in [2.05, 4.69) is 36.3 Å². The van der Waals surface area contributed by atoms with E-state index < -0.39 is 0 Å². The minimum Gasteiger partial charge on any atom is -0.292 e. The number of thioether (sulfide) groups is 1. The number of nitrogens with one attached hydrogen (secondary N) is 1. The second-order valence-corrected chi connectivity index (χ2v) is 5.26. The van der Waals surface area contributed by atoms with Crippen molar-refractivity contribution >= 4 is 18.2 Å². The number of nitrogens with zero attached hydrogens (tertiary/aromatic N) is 4. The van der Waals surface area contributed by atoms with Crippen molar-refractivity contribution in [2.24, 2.45) is 0 Å². The van der Waals surface area contributed by atoms with Gasteiger partial charge in [0.2, 0.25) is 11.6 Å². The summed E-state index contributed by atoms with van der Waals surface area (Å²) in [7, 11) is 3.49. The average Bonchev–Trinajstić information content (AvgIpc) is 2.65. The number of carbonyl (C=O) groups is 1. The first-order chi connectivity index (χ1) is 7.81. The van der Waals surface area contributed by atoms with Crippen molar-refractivity contribution in [1.82, 2.24) is 25.2 Å². The number of hydrogen-bond acceptors (Lipinski definition) is 5. The summed E-state index contributed by atoms with van der Waals surface area (Å²) in [5.74, 6) is 0. The Labute approximate surface area is 107 Å². The van der Waals surface area contributed by atoms with Gasteiger partial charge in [0.1, 0.15) is 6.33 Å². The van der Waals surface area contributed by atoms with Crippen LogP contribution in [0.1, 0.15) is 20.8 Å². The molecule has 0 spiro atoms. The fraction of sp³-hybridized carbons (Fsp3) is 0.700. The summed E-state index contributed by atoms with van der Waals surface area (Å²) in [6.45, 7) is 6.31. The van der Waals surface area contributed by atoms with Gasteiger partial charge in [-0.1, -0.05) is 11.8 Å². The highest BCUT2D eigenvalue weighted by Gasteiger charge is 2.14. The molecule has 1 aromatic rings. The van der Waals surface area contributed by atoms with Crippen LogP contribution in [0.3, 0.4) is 0 Å². The van der Waals surface area contributed by atoms with Gasteiger partial charge < -0.3 is 0 Å². The Balaban J connectivity index is 0.000000366. The van der Waals surface area contributed by atoms with E-state index in [0.29, 0.717) is 6.41 Å². The van der Waals surface area contributed by atoms with Crippen molar-refractivity contribution in [3.63, 3.8) is 0 Å². The molecule has 0 aromatic carbocycles. The van der Waals surface area contributed by atoms with E-state index >= 15 is 0 Å². The van der Waals surface area contributed by atoms with E-state index in [9.17, 15) is 4.79 Å². The summed E-state index contributed by atoms with van der Waals surface area (Å²) >= 11 is 1.56. The van der Waals surface area contributed by atoms with Crippen LogP contribution in [0.15, 0.2) is 11.5 Å². The fourth-order valence-corrected chi connectivity index (χ4v) is 1.09. The fourth-order valence-electron chi connectivity index (χ4n) is 0.770. The average molecular weight is 259 g/mol. The third kappa shape index (κ3) is 6.96. The minimum absolute atomic E-state index is 0.0426. The Morgan fingerprint density at radius 2 is 2.06 bits per heavy atom. The molecule has 1 aromatic heterocycles. The van der Waals surface area contributed by atoms with Gasteiger partial charge in [-0.25, -0.2) is 14.7 Å². The zero-order chi connectivity index (χ0) is 13.5. The maximum atomic E-state index is 9.46. The van der Waals surface area contributed by atoms with E-state index in [0.717, 1.165) is 5.16 Å². The van der Waals surface area contributed by atoms with Crippen LogP contribution in [-0.4, -0.2) is 46.5 Å². The molecule has 0 unspecified atom stereocenters. The zero-order valence-corrected chi connectivity index (χ0v) is 12.1. The molecule has 0 aliphatic heterocycles. The number of amides is 1. The van der Waals surface area contributed by atoms with E-state index in [-0.39, 0.29) is 5.54 Å². The lowest BCUT2D eigenvalue weighted by Crippen LogP contribution is -2.28. The lowest BCUT2D eigenvalue weighted by molar-refractivity contribution is -0.112. The highest BCUT2D eigenvalue weighted by atomic mass is 32.2. The lowest BCUT2D eigenvalue weighted by atomic mass is 10.1. The van der Waals surface area contributed by atoms with E-state index in [1.807, 2.05) is 10.9 Å². The molecule has 0 saturated heterocycles. The third-order valence-electron chi connectivity index (χ3n) is 1.65. The molecule has 7 heteroatoms. The minimum atomic E-state index is 0.0426. The monoisotopic (exact) mass is 259 g/mol. The van der Waals surface area contributed by atoms with Gasteiger partial charge >= 0.3 is 0 Å². The third-order valence-corrected chi connectivity index (χ3v) is 2.20. The predicted octanol–water partition coefficient (Wildman–Crippen LogP) is 0.964. The van der Waals surface area contributed by atoms with E-state index in [1.165, 1.54) is 0 Å². The summed E-state index contributed by atoms with van der Waals surface area (Å²) in [4.78, 5) is 13.6. The van der Waals surface area contributed by atoms with Crippen LogP contribution in [-0.2, 0) is 10.3 Å². The van der Waals surface area contributed by atoms with Crippen LogP contribution in [0.25, 0.3) is 0 Å². The molecule has 1 heterocycles. The smallest absolute Gasteiger partial charge is 0.221 e. The number of hydrazine groups is 1. The summed E-state index contributed by atoms with van der Waals surface area (Å²) in [6.07, 6.45) is 4.37. The van der Waals surface area contributed by atoms with E-state index in [4.69, 9.17) is 0 Å². The van der Waals surface area contributed by atoms with Crippen molar-refractivity contribution in [3.8, 4) is 0 Å². The SMILES string of the molecule is CN(C)NC=O.CSc1ncn(C(C)(C)C)n1. The zero-order valence-electron chi connectivity index (χ0n) is 11.3. The normalized spacial score (nSPS) is 10.8. The molecular formula is C10H21N5OS. The standard InChI is InChI=1S/C7H13N3S.C3H8N2O/c1-7(2,3)10-5-8-6(9-10)11-4;1-5(2)4-3-6/h5H,1-4H3;3H,1-2H3,(H,4,6). The molecule has 1 amide bonds. The van der Waals surface area contributed by atoms with Crippen LogP contribution in [0.2, 0.25) is 0 Å². The molecule has 6 nitrogen and oxygen atoms in total. The largest absolute Gasteiger partial charge is 0.292 e. The lowest BCUT2D eigenvalue weighted by Gasteiger charge is -2.17. The van der Waals surface area contributed by atoms with Gasteiger partial charge in [0.15, 0.2) is 0 Å². The van der Waals surface area contributed by atoms with Crippen LogP contribution >= 0.6 is 11.8 Å². The summed E-state index contributed by atoms with van der Waals surface area (Å²) in [5, 5.41) is 6.66. The molecular weight excluding hydrogens is 238 g/mol. The highest BCUT2D eigenvalue weighted by molar-refractivity contribution is 7.98. The van der Waals surface area contributed by atoms with Gasteiger partial charge in [-0.15, -0.1) is 5.10 Å². The van der Waals surface area contributed by atoms with Crippen molar-refractivity contribution in [1.29, 1.82) is 0 Å². The molecule has 0 saturated carbocycles. The molecule has 0 aliphatic rings. The number of aromatic nitrogens is 3. The summed E-state index contributed by atoms with van der Waals surface area (Å²) < 4.78 is 1.87. The highest BCUT2D eigenvalue weighted by Crippen LogP contribution is 2.14. The van der Waals surface area contributed by atoms with Crippen molar-refractivity contribution < 1.29 is 4.79 Å². The Kier molecular flexibility index (Phi) is 6.82. The van der Waals surface area contributed by atoms with Crippen LogP contribution < -0.4 is 5.43 Å². The van der Waals surface area contributed by atoms with Gasteiger partial charge in [-0.05, 0) is 27.0 Å². The van der Waals surface area contributed by atoms with Gasteiger partial charge in [-0.2, -0.15) is 0 Å². The molecule has 0 radical (unpaired) electrons. The Morgan fingerprint density at radius 3 is 2.24 bits per heavy atom. The van der Waals surface area contributed by atoms with E-state index in [1.54, 1.807) is 37.2 Å². The molecule has 1 N–H and O–H groups in total. The van der Waals surface area contributed by atoms with Gasteiger partial charge in [0.25, 0.3) is 0 Å². The van der Waals surface area contributed by atoms with Crippen molar-refractivity contribution in [2.45, 2.75) is 31.5 Å². The Morgan fingerprint density at radius 1 is 1.47 bits per heavy atom. The van der Waals surface area contributed by atoms with Crippen molar-refractivity contribution in [2.75, 3.05) is 20.4 Å². The van der Waals surface area contributed by atoms with Crippen LogP contribution in [0, 0.1) is 0 Å². The topological polar surface area (TPSA) is 63.1 Å². The van der Waals surface area contributed by atoms with Crippen LogP contribution in [0.4, 0.5) is 0 Å². The number of rotatable bonds is 3.